The van der Waals surface area contributed by atoms with Crippen LogP contribution in [0.1, 0.15) is 128 Å². The van der Waals surface area contributed by atoms with Gasteiger partial charge in [-0.3, -0.25) is 0 Å². The van der Waals surface area contributed by atoms with Crippen LogP contribution in [0.2, 0.25) is 0 Å². The maximum Gasteiger partial charge on any atom is -0.00313 e. The monoisotopic (exact) mass is 470 g/mol. The molecule has 0 aromatic heterocycles. The van der Waals surface area contributed by atoms with Gasteiger partial charge in [0.05, 0.1) is 0 Å². The Hall–Kier alpha value is 1.72. The summed E-state index contributed by atoms with van der Waals surface area (Å²) in [5.74, 6) is 1.87. The zero-order valence-corrected chi connectivity index (χ0v) is 22.5. The molecule has 0 N–H and O–H groups in total. The molecule has 0 bridgehead atoms. The minimum atomic E-state index is 0.445. The van der Waals surface area contributed by atoms with Crippen LogP contribution in [0, 0.1) is 0 Å². The Kier molecular flexibility index (Phi) is 8.72. The maximum absolute atomic E-state index is 1.87. The summed E-state index contributed by atoms with van der Waals surface area (Å²) < 4.78 is 0. The first-order chi connectivity index (χ1) is 14.4. The number of hydrogen-bond donors (Lipinski definition) is 0. The Morgan fingerprint density at radius 2 is 0.586 bits per heavy atom. The van der Waals surface area contributed by atoms with Gasteiger partial charge in [-0.1, -0.05) is 92.3 Å². The molecule has 166 valence electrons. The van der Waals surface area contributed by atoms with Crippen molar-refractivity contribution in [2.75, 3.05) is 5.90 Å². The molecule has 0 amide bonds. The molecule has 0 spiro atoms. The summed E-state index contributed by atoms with van der Waals surface area (Å²) in [5.41, 5.74) is 5.01. The second-order valence-electron chi connectivity index (χ2n) is 10.8. The Morgan fingerprint density at radius 1 is 0.310 bits per heavy atom. The van der Waals surface area contributed by atoms with Gasteiger partial charge in [0, 0.05) is 0 Å². The van der Waals surface area contributed by atoms with E-state index in [-0.39, 0.29) is 0 Å². The molecule has 5 rings (SSSR count). The van der Waals surface area contributed by atoms with Gasteiger partial charge in [0.1, 0.15) is 0 Å². The van der Waals surface area contributed by atoms with Crippen LogP contribution in [-0.2, 0) is 0 Å². The van der Waals surface area contributed by atoms with Crippen molar-refractivity contribution in [3.63, 3.8) is 0 Å². The maximum atomic E-state index is 1.87. The smallest absolute Gasteiger partial charge is 0.00313 e. The lowest BCUT2D eigenvalue weighted by Crippen LogP contribution is -2.16. The van der Waals surface area contributed by atoms with Crippen molar-refractivity contribution in [1.82, 2.24) is 0 Å². The first kappa shape index (κ1) is 22.5. The summed E-state index contributed by atoms with van der Waals surface area (Å²) in [6.07, 6.45) is 32.4. The molecule has 4 unspecified atom stereocenters. The van der Waals surface area contributed by atoms with E-state index >= 15 is 0 Å². The third-order valence-electron chi connectivity index (χ3n) is 8.82. The van der Waals surface area contributed by atoms with Crippen molar-refractivity contribution >= 4 is 29.8 Å². The van der Waals surface area contributed by atoms with Crippen LogP contribution < -0.4 is 0 Å². The van der Waals surface area contributed by atoms with E-state index in [1.807, 2.05) is 5.90 Å². The average Bonchev–Trinajstić information content (AvgIpc) is 3.22. The van der Waals surface area contributed by atoms with Crippen molar-refractivity contribution in [3.8, 4) is 0 Å². The molecule has 4 heteroatoms. The van der Waals surface area contributed by atoms with Crippen molar-refractivity contribution in [1.29, 1.82) is 0 Å². The van der Waals surface area contributed by atoms with Gasteiger partial charge in [-0.05, 0) is 94.5 Å². The summed E-state index contributed by atoms with van der Waals surface area (Å²) in [6.45, 7) is 0. The molecule has 0 nitrogen and oxygen atoms in total. The molecule has 0 aromatic rings. The molecular weight excluding hydrogens is 424 g/mol. The highest BCUT2D eigenvalue weighted by molar-refractivity contribution is 8.82. The molecule has 1 saturated heterocycles. The van der Waals surface area contributed by atoms with Gasteiger partial charge >= 0.3 is 0 Å². The summed E-state index contributed by atoms with van der Waals surface area (Å²) in [7, 11) is 1.81. The van der Waals surface area contributed by atoms with E-state index in [0.717, 1.165) is 0 Å². The van der Waals surface area contributed by atoms with Crippen LogP contribution in [0.5, 0.6) is 0 Å². The van der Waals surface area contributed by atoms with E-state index in [4.69, 9.17) is 0 Å². The Morgan fingerprint density at radius 3 is 0.897 bits per heavy atom. The van der Waals surface area contributed by atoms with Crippen LogP contribution in [0.15, 0.2) is 0 Å². The normalized spacial score (nSPS) is 39.7. The van der Waals surface area contributed by atoms with Crippen LogP contribution in [0.3, 0.4) is 0 Å². The fraction of sp³-hybridized carbons (Fsp3) is 1.00. The zero-order chi connectivity index (χ0) is 19.5. The molecule has 4 saturated carbocycles. The lowest BCUT2D eigenvalue weighted by molar-refractivity contribution is 0.507. The predicted octanol–water partition coefficient (Wildman–Crippen LogP) is 11.0. The predicted molar refractivity (Wildman–Crippen MR) is 140 cm³/mol. The summed E-state index contributed by atoms with van der Waals surface area (Å²) >= 11 is 0. The molecule has 4 aliphatic carbocycles. The van der Waals surface area contributed by atoms with Crippen LogP contribution in [0.25, 0.3) is 0 Å². The van der Waals surface area contributed by atoms with Crippen molar-refractivity contribution in [2.24, 2.45) is 0 Å². The number of rotatable bonds is 4. The molecule has 5 fully saturated rings. The standard InChI is InChI=1S/C25H46P4/c1-5-13-22(14-6-1)26-21-27(23-15-7-2-8-16-23)29(25-19-11-4-12-20-25)28(26)24-17-9-3-10-18-24/h22-25H,1-21H2. The highest BCUT2D eigenvalue weighted by atomic mass is 32.7. The summed E-state index contributed by atoms with van der Waals surface area (Å²) in [5, 5.41) is 0. The van der Waals surface area contributed by atoms with E-state index in [9.17, 15) is 0 Å². The molecule has 29 heavy (non-hydrogen) atoms. The second kappa shape index (κ2) is 11.2. The molecule has 0 aromatic carbocycles. The van der Waals surface area contributed by atoms with Crippen LogP contribution >= 0.6 is 29.8 Å². The van der Waals surface area contributed by atoms with E-state index in [1.165, 1.54) is 22.6 Å². The molecule has 0 radical (unpaired) electrons. The molecule has 5 aliphatic rings. The minimum absolute atomic E-state index is 0.445. The zero-order valence-electron chi connectivity index (χ0n) is 18.9. The Balaban J connectivity index is 1.44. The van der Waals surface area contributed by atoms with Crippen molar-refractivity contribution in [2.45, 2.75) is 151 Å². The van der Waals surface area contributed by atoms with Crippen LogP contribution in [0.4, 0.5) is 0 Å². The van der Waals surface area contributed by atoms with Gasteiger partial charge in [0.15, 0.2) is 0 Å². The van der Waals surface area contributed by atoms with E-state index in [0.29, 0.717) is 29.8 Å². The minimum Gasteiger partial charge on any atom is -0.0680 e. The highest BCUT2D eigenvalue weighted by Gasteiger charge is 2.52. The molecule has 4 atom stereocenters. The fourth-order valence-electron chi connectivity index (χ4n) is 7.22. The van der Waals surface area contributed by atoms with E-state index < -0.39 is 0 Å². The van der Waals surface area contributed by atoms with Gasteiger partial charge < -0.3 is 0 Å². The summed E-state index contributed by atoms with van der Waals surface area (Å²) in [6, 6.07) is 0. The van der Waals surface area contributed by atoms with Gasteiger partial charge in [-0.2, -0.15) is 0 Å². The SMILES string of the molecule is C1CCC(P2CP(C3CCCCC3)P(C3CCCCC3)P2C2CCCCC2)CC1. The van der Waals surface area contributed by atoms with Crippen LogP contribution in [-0.4, -0.2) is 28.5 Å². The van der Waals surface area contributed by atoms with Gasteiger partial charge in [0.25, 0.3) is 0 Å². The van der Waals surface area contributed by atoms with Gasteiger partial charge in [0.2, 0.25) is 0 Å². The first-order valence-electron chi connectivity index (χ1n) is 13.5. The topological polar surface area (TPSA) is 0 Å². The van der Waals surface area contributed by atoms with E-state index in [2.05, 4.69) is 0 Å². The molecule has 1 heterocycles. The first-order valence-corrected chi connectivity index (χ1v) is 21.7. The quantitative estimate of drug-likeness (QED) is 0.358. The summed E-state index contributed by atoms with van der Waals surface area (Å²) in [4.78, 5) is 0. The lowest BCUT2D eigenvalue weighted by atomic mass is 10.0. The Bertz CT molecular complexity index is 443. The molecular formula is C25H46P4. The van der Waals surface area contributed by atoms with Gasteiger partial charge in [-0.15, -0.1) is 0 Å². The fourth-order valence-corrected chi connectivity index (χ4v) is 53.4. The Labute approximate surface area is 186 Å². The van der Waals surface area contributed by atoms with Crippen molar-refractivity contribution < 1.29 is 0 Å². The van der Waals surface area contributed by atoms with Gasteiger partial charge in [-0.25, -0.2) is 0 Å². The highest BCUT2D eigenvalue weighted by Crippen LogP contribution is 3.10. The van der Waals surface area contributed by atoms with Crippen molar-refractivity contribution in [3.05, 3.63) is 0 Å². The molecule has 1 aliphatic heterocycles. The lowest BCUT2D eigenvalue weighted by Gasteiger charge is -2.44. The third-order valence-corrected chi connectivity index (χ3v) is 39.1. The second-order valence-corrected chi connectivity index (χ2v) is 28.1. The largest absolute Gasteiger partial charge is 0.0680 e. The average molecular weight is 471 g/mol. The van der Waals surface area contributed by atoms with E-state index in [1.54, 1.807) is 128 Å². The third kappa shape index (κ3) is 5.29. The number of hydrogen-bond acceptors (Lipinski definition) is 0.